The van der Waals surface area contributed by atoms with Crippen molar-refractivity contribution in [3.8, 4) is 5.75 Å². The summed E-state index contributed by atoms with van der Waals surface area (Å²) in [6.45, 7) is 2.89. The first-order valence-electron chi connectivity index (χ1n) is 6.69. The molecule has 116 valence electrons. The number of benzene rings is 1. The molecule has 1 fully saturated rings. The van der Waals surface area contributed by atoms with Gasteiger partial charge in [-0.1, -0.05) is 15.9 Å². The number of non-ortho nitro benzene ring substituents is 1. The Labute approximate surface area is 131 Å². The van der Waals surface area contributed by atoms with E-state index >= 15 is 0 Å². The minimum Gasteiger partial charge on any atom is -0.487 e. The Hall–Kier alpha value is -1.18. The number of nitro benzene ring substituents is 1. The van der Waals surface area contributed by atoms with Crippen LogP contribution in [0.15, 0.2) is 18.2 Å². The lowest BCUT2D eigenvalue weighted by Gasteiger charge is -2.41. The molecule has 1 aromatic carbocycles. The van der Waals surface area contributed by atoms with Gasteiger partial charge in [-0.15, -0.1) is 0 Å². The molecule has 0 spiro atoms. The average Bonchev–Trinajstić information content (AvgIpc) is 2.44. The third-order valence-electron chi connectivity index (χ3n) is 3.44. The van der Waals surface area contributed by atoms with Crippen molar-refractivity contribution in [3.05, 3.63) is 33.9 Å². The van der Waals surface area contributed by atoms with Gasteiger partial charge in [0.25, 0.3) is 5.69 Å². The van der Waals surface area contributed by atoms with Crippen LogP contribution in [0.4, 0.5) is 5.69 Å². The first kappa shape index (κ1) is 16.2. The molecule has 1 aromatic rings. The number of nitrogens with zero attached hydrogens (tertiary/aromatic N) is 1. The van der Waals surface area contributed by atoms with E-state index in [1.54, 1.807) is 13.2 Å². The zero-order valence-corrected chi connectivity index (χ0v) is 13.5. The predicted octanol–water partition coefficient (Wildman–Crippen LogP) is 2.85. The highest BCUT2D eigenvalue weighted by Crippen LogP contribution is 2.36. The zero-order chi connectivity index (χ0) is 15.4. The molecule has 0 amide bonds. The molecule has 21 heavy (non-hydrogen) atoms. The highest BCUT2D eigenvalue weighted by Gasteiger charge is 2.42. The lowest BCUT2D eigenvalue weighted by molar-refractivity contribution is -0.385. The fourth-order valence-electron chi connectivity index (χ4n) is 2.11. The number of hydrogen-bond acceptors (Lipinski definition) is 5. The minimum absolute atomic E-state index is 0.0298. The van der Waals surface area contributed by atoms with Crippen LogP contribution in [-0.4, -0.2) is 42.3 Å². The van der Waals surface area contributed by atoms with Gasteiger partial charge in [-0.2, -0.15) is 0 Å². The first-order valence-corrected chi connectivity index (χ1v) is 7.60. The normalized spacial score (nSPS) is 24.4. The van der Waals surface area contributed by atoms with Crippen molar-refractivity contribution >= 4 is 21.6 Å². The summed E-state index contributed by atoms with van der Waals surface area (Å²) in [5.41, 5.74) is 0.899. The maximum atomic E-state index is 10.8. The van der Waals surface area contributed by atoms with Crippen molar-refractivity contribution in [1.29, 1.82) is 0 Å². The highest BCUT2D eigenvalue weighted by molar-refractivity contribution is 9.09. The Balaban J connectivity index is 2.00. The molecule has 0 bridgehead atoms. The third-order valence-corrected chi connectivity index (χ3v) is 4.33. The van der Waals surface area contributed by atoms with Gasteiger partial charge >= 0.3 is 0 Å². The van der Waals surface area contributed by atoms with E-state index in [-0.39, 0.29) is 22.7 Å². The van der Waals surface area contributed by atoms with Crippen molar-refractivity contribution in [1.82, 2.24) is 0 Å². The molecule has 7 heteroatoms. The molecule has 6 nitrogen and oxygen atoms in total. The monoisotopic (exact) mass is 359 g/mol. The summed E-state index contributed by atoms with van der Waals surface area (Å²) in [7, 11) is 1.62. The molecule has 1 aliphatic carbocycles. The predicted molar refractivity (Wildman–Crippen MR) is 81.2 cm³/mol. The summed E-state index contributed by atoms with van der Waals surface area (Å²) in [5.74, 6) is 0.536. The van der Waals surface area contributed by atoms with E-state index in [0.717, 1.165) is 12.0 Å². The quantitative estimate of drug-likeness (QED) is 0.324. The van der Waals surface area contributed by atoms with E-state index in [9.17, 15) is 10.1 Å². The largest absolute Gasteiger partial charge is 0.487 e. The summed E-state index contributed by atoms with van der Waals surface area (Å²) in [4.78, 5) is 10.6. The molecular weight excluding hydrogens is 342 g/mol. The molecule has 0 radical (unpaired) electrons. The van der Waals surface area contributed by atoms with E-state index in [0.29, 0.717) is 19.0 Å². The number of nitro groups is 1. The van der Waals surface area contributed by atoms with Crippen LogP contribution in [0.25, 0.3) is 0 Å². The third kappa shape index (κ3) is 3.93. The Morgan fingerprint density at radius 3 is 2.81 bits per heavy atom. The number of halogens is 1. The lowest BCUT2D eigenvalue weighted by Crippen LogP contribution is -2.52. The van der Waals surface area contributed by atoms with Gasteiger partial charge in [0.1, 0.15) is 18.0 Å². The Bertz CT molecular complexity index is 510. The maximum Gasteiger partial charge on any atom is 0.273 e. The topological polar surface area (TPSA) is 70.8 Å². The lowest BCUT2D eigenvalue weighted by atomic mass is 9.91. The number of methoxy groups -OCH3 is 1. The molecule has 0 saturated heterocycles. The van der Waals surface area contributed by atoms with Crippen LogP contribution in [0.2, 0.25) is 0 Å². The first-order chi connectivity index (χ1) is 10.0. The average molecular weight is 360 g/mol. The van der Waals surface area contributed by atoms with Gasteiger partial charge in [0.15, 0.2) is 0 Å². The second-order valence-corrected chi connectivity index (χ2v) is 6.12. The van der Waals surface area contributed by atoms with Crippen LogP contribution in [0.3, 0.4) is 0 Å². The molecule has 1 saturated carbocycles. The molecule has 0 aromatic heterocycles. The molecule has 0 heterocycles. The molecule has 1 aliphatic rings. The van der Waals surface area contributed by atoms with Gasteiger partial charge < -0.3 is 14.2 Å². The van der Waals surface area contributed by atoms with E-state index in [1.165, 1.54) is 12.1 Å². The Kier molecular flexibility index (Phi) is 5.55. The van der Waals surface area contributed by atoms with E-state index in [4.69, 9.17) is 14.2 Å². The van der Waals surface area contributed by atoms with Crippen molar-refractivity contribution in [3.63, 3.8) is 0 Å². The van der Waals surface area contributed by atoms with Gasteiger partial charge in [0, 0.05) is 24.4 Å². The van der Waals surface area contributed by atoms with Crippen molar-refractivity contribution in [2.45, 2.75) is 30.4 Å². The summed E-state index contributed by atoms with van der Waals surface area (Å²) in [6.07, 6.45) is 0.630. The second-order valence-electron chi connectivity index (χ2n) is 4.94. The van der Waals surface area contributed by atoms with E-state index in [1.807, 2.05) is 6.92 Å². The summed E-state index contributed by atoms with van der Waals surface area (Å²) in [5, 5.41) is 10.8. The summed E-state index contributed by atoms with van der Waals surface area (Å²) >= 11 is 3.53. The van der Waals surface area contributed by atoms with Gasteiger partial charge in [0.05, 0.1) is 24.2 Å². The maximum absolute atomic E-state index is 10.8. The number of aryl methyl sites for hydroxylation is 1. The molecule has 3 unspecified atom stereocenters. The molecular formula is C14H18BrNO5. The number of rotatable bonds is 7. The van der Waals surface area contributed by atoms with Gasteiger partial charge in [-0.05, 0) is 18.6 Å². The van der Waals surface area contributed by atoms with Crippen molar-refractivity contribution in [2.75, 3.05) is 20.3 Å². The fraction of sp³-hybridized carbons (Fsp3) is 0.571. The summed E-state index contributed by atoms with van der Waals surface area (Å²) in [6, 6.07) is 4.63. The van der Waals surface area contributed by atoms with E-state index < -0.39 is 4.92 Å². The smallest absolute Gasteiger partial charge is 0.273 e. The molecule has 0 N–H and O–H groups in total. The van der Waals surface area contributed by atoms with Gasteiger partial charge in [-0.3, -0.25) is 10.1 Å². The van der Waals surface area contributed by atoms with Gasteiger partial charge in [0.2, 0.25) is 0 Å². The van der Waals surface area contributed by atoms with Gasteiger partial charge in [-0.25, -0.2) is 0 Å². The van der Waals surface area contributed by atoms with Crippen molar-refractivity contribution in [2.24, 2.45) is 0 Å². The van der Waals surface area contributed by atoms with Crippen LogP contribution in [0, 0.1) is 17.0 Å². The van der Waals surface area contributed by atoms with Crippen LogP contribution >= 0.6 is 15.9 Å². The van der Waals surface area contributed by atoms with Crippen LogP contribution < -0.4 is 4.74 Å². The minimum atomic E-state index is -0.424. The van der Waals surface area contributed by atoms with Crippen LogP contribution in [-0.2, 0) is 9.47 Å². The van der Waals surface area contributed by atoms with Crippen LogP contribution in [0.1, 0.15) is 12.0 Å². The molecule has 0 aliphatic heterocycles. The van der Waals surface area contributed by atoms with Crippen LogP contribution in [0.5, 0.6) is 5.75 Å². The standard InChI is InChI=1S/C14H18BrNO5/c1-9-3-4-10(16(17)18)7-12(9)21-13-8-11(15)14(13)20-6-5-19-2/h3-4,7,11,13-14H,5-6,8H2,1-2H3. The number of hydrogen-bond donors (Lipinski definition) is 0. The fourth-order valence-corrected chi connectivity index (χ4v) is 2.98. The number of alkyl halides is 1. The van der Waals surface area contributed by atoms with E-state index in [2.05, 4.69) is 15.9 Å². The highest BCUT2D eigenvalue weighted by atomic mass is 79.9. The SMILES string of the molecule is COCCOC1C(Br)CC1Oc1cc([N+](=O)[O-])ccc1C. The number of ether oxygens (including phenoxy) is 3. The Morgan fingerprint density at radius 1 is 1.43 bits per heavy atom. The summed E-state index contributed by atoms with van der Waals surface area (Å²) < 4.78 is 16.5. The second kappa shape index (κ2) is 7.20. The molecule has 2 rings (SSSR count). The Morgan fingerprint density at radius 2 is 2.19 bits per heavy atom. The molecule has 3 atom stereocenters. The zero-order valence-electron chi connectivity index (χ0n) is 12.0. The van der Waals surface area contributed by atoms with Crippen molar-refractivity contribution < 1.29 is 19.1 Å².